The van der Waals surface area contributed by atoms with Gasteiger partial charge in [-0.3, -0.25) is 4.79 Å². The molecule has 0 saturated heterocycles. The summed E-state index contributed by atoms with van der Waals surface area (Å²) in [6.07, 6.45) is 0.846. The van der Waals surface area contributed by atoms with E-state index in [2.05, 4.69) is 6.07 Å². The number of carbonyl (C=O) groups is 1. The third-order valence-corrected chi connectivity index (χ3v) is 2.79. The highest BCUT2D eigenvalue weighted by atomic mass is 16.1. The number of fused-ring (bicyclic) bond motifs is 1. The van der Waals surface area contributed by atoms with Gasteiger partial charge in [0, 0.05) is 29.2 Å². The molecule has 0 aliphatic carbocycles. The van der Waals surface area contributed by atoms with Gasteiger partial charge in [-0.2, -0.15) is 5.26 Å². The molecule has 0 atom stereocenters. The Kier molecular flexibility index (Phi) is 2.05. The van der Waals surface area contributed by atoms with Crippen LogP contribution in [0, 0.1) is 18.3 Å². The van der Waals surface area contributed by atoms with E-state index >= 15 is 0 Å². The fourth-order valence-corrected chi connectivity index (χ4v) is 1.82. The van der Waals surface area contributed by atoms with Crippen molar-refractivity contribution >= 4 is 17.2 Å². The molecule has 0 aliphatic heterocycles. The van der Waals surface area contributed by atoms with Crippen molar-refractivity contribution in [3.8, 4) is 6.07 Å². The molecule has 0 spiro atoms. The molecule has 1 aromatic heterocycles. The normalized spacial score (nSPS) is 10.2. The Balaban J connectivity index is 2.93. The molecule has 0 bridgehead atoms. The highest BCUT2D eigenvalue weighted by molar-refractivity contribution is 5.99. The number of aldehydes is 1. The van der Waals surface area contributed by atoms with Crippen LogP contribution in [0.1, 0.15) is 21.6 Å². The van der Waals surface area contributed by atoms with Crippen molar-refractivity contribution < 1.29 is 4.79 Å². The second kappa shape index (κ2) is 3.25. The van der Waals surface area contributed by atoms with Crippen molar-refractivity contribution in [2.45, 2.75) is 6.92 Å². The summed E-state index contributed by atoms with van der Waals surface area (Å²) < 4.78 is 1.96. The van der Waals surface area contributed by atoms with E-state index in [4.69, 9.17) is 5.26 Å². The van der Waals surface area contributed by atoms with Gasteiger partial charge in [0.05, 0.1) is 11.6 Å². The Hall–Kier alpha value is -2.08. The standard InChI is InChI=1S/C12H10N2O/c1-8-11(7-15)10-5-9(6-13)3-4-12(10)14(8)2/h3-5,7H,1-2H3. The van der Waals surface area contributed by atoms with E-state index in [1.54, 1.807) is 12.1 Å². The lowest BCUT2D eigenvalue weighted by Crippen LogP contribution is -1.91. The topological polar surface area (TPSA) is 45.8 Å². The van der Waals surface area contributed by atoms with Gasteiger partial charge in [-0.1, -0.05) is 0 Å². The summed E-state index contributed by atoms with van der Waals surface area (Å²) in [5.74, 6) is 0. The van der Waals surface area contributed by atoms with Crippen LogP contribution in [0.2, 0.25) is 0 Å². The van der Waals surface area contributed by atoms with Crippen LogP contribution < -0.4 is 0 Å². The molecule has 2 rings (SSSR count). The molecule has 3 nitrogen and oxygen atoms in total. The lowest BCUT2D eigenvalue weighted by atomic mass is 10.1. The fraction of sp³-hybridized carbons (Fsp3) is 0.167. The lowest BCUT2D eigenvalue weighted by molar-refractivity contribution is 0.112. The molecular formula is C12H10N2O. The maximum atomic E-state index is 11.0. The van der Waals surface area contributed by atoms with Gasteiger partial charge in [0.1, 0.15) is 0 Å². The molecule has 2 aromatic rings. The second-order valence-corrected chi connectivity index (χ2v) is 3.52. The van der Waals surface area contributed by atoms with Crippen LogP contribution in [0.15, 0.2) is 18.2 Å². The van der Waals surface area contributed by atoms with E-state index < -0.39 is 0 Å². The van der Waals surface area contributed by atoms with E-state index in [1.807, 2.05) is 24.6 Å². The zero-order valence-electron chi connectivity index (χ0n) is 8.61. The number of hydrogen-bond acceptors (Lipinski definition) is 2. The molecule has 3 heteroatoms. The summed E-state index contributed by atoms with van der Waals surface area (Å²) in [5, 5.41) is 9.64. The van der Waals surface area contributed by atoms with Crippen LogP contribution >= 0.6 is 0 Å². The third-order valence-electron chi connectivity index (χ3n) is 2.79. The van der Waals surface area contributed by atoms with Crippen molar-refractivity contribution in [2.75, 3.05) is 0 Å². The zero-order valence-corrected chi connectivity index (χ0v) is 8.61. The number of nitrogens with zero attached hydrogens (tertiary/aromatic N) is 2. The zero-order chi connectivity index (χ0) is 11.0. The fourth-order valence-electron chi connectivity index (χ4n) is 1.82. The quantitative estimate of drug-likeness (QED) is 0.659. The van der Waals surface area contributed by atoms with Gasteiger partial charge in [-0.15, -0.1) is 0 Å². The molecule has 1 aromatic carbocycles. The minimum Gasteiger partial charge on any atom is -0.347 e. The lowest BCUT2D eigenvalue weighted by Gasteiger charge is -1.97. The summed E-state index contributed by atoms with van der Waals surface area (Å²) in [6.45, 7) is 1.90. The van der Waals surface area contributed by atoms with Crippen molar-refractivity contribution in [3.05, 3.63) is 35.0 Å². The highest BCUT2D eigenvalue weighted by Gasteiger charge is 2.11. The minimum atomic E-state index is 0.580. The van der Waals surface area contributed by atoms with Crippen LogP contribution in [0.4, 0.5) is 0 Å². The van der Waals surface area contributed by atoms with Crippen molar-refractivity contribution in [3.63, 3.8) is 0 Å². The van der Waals surface area contributed by atoms with Crippen molar-refractivity contribution in [1.29, 1.82) is 5.26 Å². The van der Waals surface area contributed by atoms with Gasteiger partial charge < -0.3 is 4.57 Å². The van der Waals surface area contributed by atoms with Crippen LogP contribution in [-0.4, -0.2) is 10.9 Å². The van der Waals surface area contributed by atoms with E-state index in [1.165, 1.54) is 0 Å². The predicted molar refractivity (Wildman–Crippen MR) is 57.8 cm³/mol. The molecule has 0 fully saturated rings. The van der Waals surface area contributed by atoms with E-state index in [0.29, 0.717) is 11.1 Å². The molecule has 15 heavy (non-hydrogen) atoms. The van der Waals surface area contributed by atoms with E-state index in [-0.39, 0.29) is 0 Å². The second-order valence-electron chi connectivity index (χ2n) is 3.52. The van der Waals surface area contributed by atoms with Crippen molar-refractivity contribution in [1.82, 2.24) is 4.57 Å². The molecule has 0 aliphatic rings. The Morgan fingerprint density at radius 1 is 1.47 bits per heavy atom. The van der Waals surface area contributed by atoms with Crippen molar-refractivity contribution in [2.24, 2.45) is 7.05 Å². The number of rotatable bonds is 1. The van der Waals surface area contributed by atoms with Gasteiger partial charge in [0.2, 0.25) is 0 Å². The monoisotopic (exact) mass is 198 g/mol. The molecule has 0 N–H and O–H groups in total. The summed E-state index contributed by atoms with van der Waals surface area (Å²) in [4.78, 5) is 11.0. The summed E-state index contributed by atoms with van der Waals surface area (Å²) in [7, 11) is 1.91. The van der Waals surface area contributed by atoms with Crippen LogP contribution in [0.5, 0.6) is 0 Å². The first-order chi connectivity index (χ1) is 7.19. The largest absolute Gasteiger partial charge is 0.347 e. The number of benzene rings is 1. The molecule has 0 radical (unpaired) electrons. The summed E-state index contributed by atoms with van der Waals surface area (Å²) in [6, 6.07) is 7.46. The smallest absolute Gasteiger partial charge is 0.152 e. The Morgan fingerprint density at radius 2 is 2.20 bits per heavy atom. The van der Waals surface area contributed by atoms with Crippen LogP contribution in [0.3, 0.4) is 0 Å². The van der Waals surface area contributed by atoms with Gasteiger partial charge >= 0.3 is 0 Å². The Bertz CT molecular complexity index is 588. The van der Waals surface area contributed by atoms with Crippen LogP contribution in [-0.2, 0) is 7.05 Å². The first kappa shape index (κ1) is 9.47. The Morgan fingerprint density at radius 3 is 2.80 bits per heavy atom. The maximum Gasteiger partial charge on any atom is 0.152 e. The predicted octanol–water partition coefficient (Wildman–Crippen LogP) is 2.17. The Labute approximate surface area is 87.5 Å². The van der Waals surface area contributed by atoms with Gasteiger partial charge in [0.25, 0.3) is 0 Å². The highest BCUT2D eigenvalue weighted by Crippen LogP contribution is 2.24. The average Bonchev–Trinajstić information content (AvgIpc) is 2.51. The summed E-state index contributed by atoms with van der Waals surface area (Å²) >= 11 is 0. The molecule has 0 amide bonds. The summed E-state index contributed by atoms with van der Waals surface area (Å²) in [5.41, 5.74) is 3.16. The SMILES string of the molecule is Cc1c(C=O)c2cc(C#N)ccc2n1C. The van der Waals surface area contributed by atoms with Gasteiger partial charge in [-0.05, 0) is 25.1 Å². The maximum absolute atomic E-state index is 11.0. The first-order valence-corrected chi connectivity index (χ1v) is 4.63. The average molecular weight is 198 g/mol. The number of aromatic nitrogens is 1. The van der Waals surface area contributed by atoms with Gasteiger partial charge in [-0.25, -0.2) is 0 Å². The number of aryl methyl sites for hydroxylation is 1. The first-order valence-electron chi connectivity index (χ1n) is 4.63. The number of nitriles is 1. The number of hydrogen-bond donors (Lipinski definition) is 0. The molecule has 1 heterocycles. The van der Waals surface area contributed by atoms with E-state index in [9.17, 15) is 4.79 Å². The van der Waals surface area contributed by atoms with Crippen LogP contribution in [0.25, 0.3) is 10.9 Å². The molecule has 74 valence electrons. The third kappa shape index (κ3) is 1.23. The molecule has 0 unspecified atom stereocenters. The van der Waals surface area contributed by atoms with E-state index in [0.717, 1.165) is 22.9 Å². The molecular weight excluding hydrogens is 188 g/mol. The number of carbonyl (C=O) groups excluding carboxylic acids is 1. The van der Waals surface area contributed by atoms with Gasteiger partial charge in [0.15, 0.2) is 6.29 Å². The minimum absolute atomic E-state index is 0.580. The molecule has 0 saturated carbocycles.